The first-order chi connectivity index (χ1) is 14.0. The number of aryl methyl sites for hydroxylation is 1. The van der Waals surface area contributed by atoms with Crippen molar-refractivity contribution in [3.8, 4) is 0 Å². The molecule has 0 unspecified atom stereocenters. The first-order valence-electron chi connectivity index (χ1n) is 9.08. The molecular formula is C22H21N3O4. The van der Waals surface area contributed by atoms with Crippen LogP contribution in [0.4, 0.5) is 0 Å². The Morgan fingerprint density at radius 1 is 0.862 bits per heavy atom. The van der Waals surface area contributed by atoms with E-state index in [1.54, 1.807) is 30.3 Å². The molecule has 2 aromatic carbocycles. The summed E-state index contributed by atoms with van der Waals surface area (Å²) in [5.74, 6) is -1.42. The van der Waals surface area contributed by atoms with Crippen LogP contribution in [0.1, 0.15) is 32.0 Å². The van der Waals surface area contributed by atoms with Crippen LogP contribution in [0.3, 0.4) is 0 Å². The van der Waals surface area contributed by atoms with E-state index in [9.17, 15) is 14.4 Å². The number of carbonyl (C=O) groups excluding carboxylic acids is 3. The Morgan fingerprint density at radius 3 is 2.24 bits per heavy atom. The van der Waals surface area contributed by atoms with Gasteiger partial charge in [0.1, 0.15) is 6.04 Å². The highest BCUT2D eigenvalue weighted by atomic mass is 16.3. The highest BCUT2D eigenvalue weighted by Crippen LogP contribution is 2.06. The molecule has 1 aromatic heterocycles. The van der Waals surface area contributed by atoms with Crippen LogP contribution in [0.5, 0.6) is 0 Å². The van der Waals surface area contributed by atoms with Crippen molar-refractivity contribution in [1.82, 2.24) is 16.2 Å². The third-order valence-corrected chi connectivity index (χ3v) is 4.26. The lowest BCUT2D eigenvalue weighted by atomic mass is 10.1. The predicted molar refractivity (Wildman–Crippen MR) is 107 cm³/mol. The van der Waals surface area contributed by atoms with Gasteiger partial charge in [-0.2, -0.15) is 0 Å². The summed E-state index contributed by atoms with van der Waals surface area (Å²) in [6.07, 6.45) is 1.63. The topological polar surface area (TPSA) is 100 Å². The summed E-state index contributed by atoms with van der Waals surface area (Å²) in [6.45, 7) is 1.92. The molecule has 0 aliphatic heterocycles. The minimum atomic E-state index is -0.909. The zero-order valence-corrected chi connectivity index (χ0v) is 15.8. The summed E-state index contributed by atoms with van der Waals surface area (Å²) in [6, 6.07) is 18.4. The van der Waals surface area contributed by atoms with Gasteiger partial charge in [-0.05, 0) is 36.8 Å². The summed E-state index contributed by atoms with van der Waals surface area (Å²) in [5.41, 5.74) is 7.06. The molecule has 0 aliphatic carbocycles. The molecular weight excluding hydrogens is 370 g/mol. The van der Waals surface area contributed by atoms with Gasteiger partial charge in [-0.3, -0.25) is 25.2 Å². The first-order valence-corrected chi connectivity index (χ1v) is 9.08. The van der Waals surface area contributed by atoms with Gasteiger partial charge in [0, 0.05) is 12.0 Å². The summed E-state index contributed by atoms with van der Waals surface area (Å²) in [5, 5.41) is 2.64. The van der Waals surface area contributed by atoms with Crippen molar-refractivity contribution in [2.45, 2.75) is 19.4 Å². The molecule has 0 bridgehead atoms. The SMILES string of the molecule is Cc1ccc(C(=O)NNC(=O)[C@H](Cc2ccccc2)NC(=O)c2ccco2)cc1. The molecule has 0 saturated heterocycles. The lowest BCUT2D eigenvalue weighted by Gasteiger charge is -2.18. The monoisotopic (exact) mass is 391 g/mol. The van der Waals surface area contributed by atoms with Gasteiger partial charge in [0.2, 0.25) is 0 Å². The summed E-state index contributed by atoms with van der Waals surface area (Å²) < 4.78 is 5.08. The fraction of sp³-hybridized carbons (Fsp3) is 0.136. The van der Waals surface area contributed by atoms with Gasteiger partial charge in [-0.15, -0.1) is 0 Å². The summed E-state index contributed by atoms with van der Waals surface area (Å²) in [4.78, 5) is 37.2. The maximum absolute atomic E-state index is 12.7. The number of furan rings is 1. The third kappa shape index (κ3) is 5.55. The van der Waals surface area contributed by atoms with Crippen LogP contribution >= 0.6 is 0 Å². The van der Waals surface area contributed by atoms with Crippen molar-refractivity contribution in [2.75, 3.05) is 0 Å². The summed E-state index contributed by atoms with van der Waals surface area (Å²) >= 11 is 0. The molecule has 3 rings (SSSR count). The largest absolute Gasteiger partial charge is 0.459 e. The van der Waals surface area contributed by atoms with Gasteiger partial charge in [-0.1, -0.05) is 48.0 Å². The molecule has 3 aromatic rings. The number of amides is 3. The molecule has 0 aliphatic rings. The van der Waals surface area contributed by atoms with Gasteiger partial charge >= 0.3 is 0 Å². The van der Waals surface area contributed by atoms with Gasteiger partial charge in [0.15, 0.2) is 5.76 Å². The minimum Gasteiger partial charge on any atom is -0.459 e. The maximum atomic E-state index is 12.7. The van der Waals surface area contributed by atoms with Crippen LogP contribution in [0.15, 0.2) is 77.4 Å². The molecule has 7 nitrogen and oxygen atoms in total. The standard InChI is InChI=1S/C22H21N3O4/c1-15-9-11-17(12-10-15)20(26)24-25-21(27)18(14-16-6-3-2-4-7-16)23-22(28)19-8-5-13-29-19/h2-13,18H,14H2,1H3,(H,23,28)(H,24,26)(H,25,27)/t18-/m0/s1. The number of hydrogen-bond donors (Lipinski definition) is 3. The van der Waals surface area contributed by atoms with Gasteiger partial charge in [0.25, 0.3) is 17.7 Å². The Labute approximate surface area is 168 Å². The van der Waals surface area contributed by atoms with Crippen molar-refractivity contribution in [3.05, 3.63) is 95.4 Å². The molecule has 7 heteroatoms. The number of carbonyl (C=O) groups is 3. The molecule has 0 radical (unpaired) electrons. The molecule has 3 amide bonds. The van der Waals surface area contributed by atoms with E-state index in [1.807, 2.05) is 37.3 Å². The van der Waals surface area contributed by atoms with Gasteiger partial charge in [0.05, 0.1) is 6.26 Å². The van der Waals surface area contributed by atoms with E-state index in [2.05, 4.69) is 16.2 Å². The third-order valence-electron chi connectivity index (χ3n) is 4.26. The smallest absolute Gasteiger partial charge is 0.287 e. The number of hydrogen-bond acceptors (Lipinski definition) is 4. The van der Waals surface area contributed by atoms with E-state index in [0.717, 1.165) is 11.1 Å². The van der Waals surface area contributed by atoms with E-state index in [1.165, 1.54) is 12.3 Å². The van der Waals surface area contributed by atoms with Crippen molar-refractivity contribution in [3.63, 3.8) is 0 Å². The second-order valence-corrected chi connectivity index (χ2v) is 6.50. The second-order valence-electron chi connectivity index (χ2n) is 6.50. The predicted octanol–water partition coefficient (Wildman–Crippen LogP) is 2.39. The van der Waals surface area contributed by atoms with Crippen molar-refractivity contribution in [1.29, 1.82) is 0 Å². The van der Waals surface area contributed by atoms with Crippen LogP contribution in [-0.2, 0) is 11.2 Å². The molecule has 29 heavy (non-hydrogen) atoms. The molecule has 1 atom stereocenters. The van der Waals surface area contributed by atoms with Crippen LogP contribution < -0.4 is 16.2 Å². The van der Waals surface area contributed by atoms with Crippen molar-refractivity contribution in [2.24, 2.45) is 0 Å². The van der Waals surface area contributed by atoms with Crippen LogP contribution in [-0.4, -0.2) is 23.8 Å². The van der Waals surface area contributed by atoms with Crippen LogP contribution in [0, 0.1) is 6.92 Å². The van der Waals surface area contributed by atoms with Crippen molar-refractivity contribution < 1.29 is 18.8 Å². The lowest BCUT2D eigenvalue weighted by Crippen LogP contribution is -2.53. The molecule has 3 N–H and O–H groups in total. The van der Waals surface area contributed by atoms with E-state index in [-0.39, 0.29) is 12.2 Å². The molecule has 0 fully saturated rings. The lowest BCUT2D eigenvalue weighted by molar-refractivity contribution is -0.123. The Kier molecular flexibility index (Phi) is 6.42. The van der Waals surface area contributed by atoms with Gasteiger partial charge in [-0.25, -0.2) is 0 Å². The average Bonchev–Trinajstić information content (AvgIpc) is 3.27. The molecule has 0 spiro atoms. The van der Waals surface area contributed by atoms with Crippen LogP contribution in [0.2, 0.25) is 0 Å². The zero-order chi connectivity index (χ0) is 20.6. The van der Waals surface area contributed by atoms with Crippen LogP contribution in [0.25, 0.3) is 0 Å². The highest BCUT2D eigenvalue weighted by molar-refractivity contribution is 5.98. The maximum Gasteiger partial charge on any atom is 0.287 e. The molecule has 148 valence electrons. The van der Waals surface area contributed by atoms with E-state index in [0.29, 0.717) is 5.56 Å². The normalized spacial score (nSPS) is 11.3. The fourth-order valence-electron chi connectivity index (χ4n) is 2.68. The number of nitrogens with one attached hydrogen (secondary N) is 3. The number of rotatable bonds is 6. The van der Waals surface area contributed by atoms with E-state index in [4.69, 9.17) is 4.42 Å². The second kappa shape index (κ2) is 9.36. The quantitative estimate of drug-likeness (QED) is 0.562. The average molecular weight is 391 g/mol. The minimum absolute atomic E-state index is 0.0968. The van der Waals surface area contributed by atoms with E-state index < -0.39 is 23.8 Å². The fourth-order valence-corrected chi connectivity index (χ4v) is 2.68. The Bertz CT molecular complexity index is 967. The number of hydrazine groups is 1. The van der Waals surface area contributed by atoms with E-state index >= 15 is 0 Å². The first kappa shape index (κ1) is 19.9. The summed E-state index contributed by atoms with van der Waals surface area (Å²) in [7, 11) is 0. The van der Waals surface area contributed by atoms with Gasteiger partial charge < -0.3 is 9.73 Å². The number of benzene rings is 2. The molecule has 1 heterocycles. The Hall–Kier alpha value is -3.87. The molecule has 0 saturated carbocycles. The Morgan fingerprint density at radius 2 is 1.59 bits per heavy atom. The zero-order valence-electron chi connectivity index (χ0n) is 15.8. The Balaban J connectivity index is 1.66. The van der Waals surface area contributed by atoms with Crippen molar-refractivity contribution >= 4 is 17.7 Å². The highest BCUT2D eigenvalue weighted by Gasteiger charge is 2.23.